The molecule has 0 spiro atoms. The maximum absolute atomic E-state index is 6.01. The lowest BCUT2D eigenvalue weighted by Gasteiger charge is -2.19. The predicted octanol–water partition coefficient (Wildman–Crippen LogP) is 2.87. The molecule has 2 atom stereocenters. The van der Waals surface area contributed by atoms with E-state index >= 15 is 0 Å². The van der Waals surface area contributed by atoms with Crippen LogP contribution in [0.3, 0.4) is 0 Å². The van der Waals surface area contributed by atoms with Crippen LogP contribution in [0.25, 0.3) is 0 Å². The molecule has 2 aliphatic rings. The van der Waals surface area contributed by atoms with Crippen LogP contribution in [0.5, 0.6) is 0 Å². The maximum Gasteiger partial charge on any atom is 0.0553 e. The molecule has 1 N–H and O–H groups in total. The molecule has 1 nitrogen and oxygen atoms in total. The van der Waals surface area contributed by atoms with Gasteiger partial charge in [-0.05, 0) is 50.3 Å². The van der Waals surface area contributed by atoms with Crippen molar-refractivity contribution in [2.75, 3.05) is 13.1 Å². The summed E-state index contributed by atoms with van der Waals surface area (Å²) in [6.07, 6.45) is 11.6. The van der Waals surface area contributed by atoms with Crippen LogP contribution in [-0.4, -0.2) is 18.5 Å². The van der Waals surface area contributed by atoms with Gasteiger partial charge >= 0.3 is 0 Å². The van der Waals surface area contributed by atoms with Crippen LogP contribution in [0, 0.1) is 5.92 Å². The molecule has 0 amide bonds. The molecule has 1 fully saturated rings. The summed E-state index contributed by atoms with van der Waals surface area (Å²) in [7, 11) is 0. The largest absolute Gasteiger partial charge is 0.317 e. The topological polar surface area (TPSA) is 12.0 Å². The Morgan fingerprint density at radius 3 is 3.00 bits per heavy atom. The fourth-order valence-corrected chi connectivity index (χ4v) is 2.43. The zero-order chi connectivity index (χ0) is 9.80. The van der Waals surface area contributed by atoms with Gasteiger partial charge in [0.15, 0.2) is 0 Å². The van der Waals surface area contributed by atoms with E-state index in [1.54, 1.807) is 0 Å². The second kappa shape index (κ2) is 4.99. The highest BCUT2D eigenvalue weighted by atomic mass is 35.5. The van der Waals surface area contributed by atoms with Crippen LogP contribution in [-0.2, 0) is 0 Å². The first-order valence-electron chi connectivity index (χ1n) is 5.59. The molecule has 0 aromatic carbocycles. The van der Waals surface area contributed by atoms with Gasteiger partial charge in [0.2, 0.25) is 0 Å². The number of halogens is 1. The van der Waals surface area contributed by atoms with Crippen molar-refractivity contribution in [2.45, 2.75) is 31.1 Å². The summed E-state index contributed by atoms with van der Waals surface area (Å²) in [5.74, 6) is 0.769. The Labute approximate surface area is 91.2 Å². The van der Waals surface area contributed by atoms with Gasteiger partial charge in [-0.25, -0.2) is 0 Å². The van der Waals surface area contributed by atoms with Gasteiger partial charge < -0.3 is 5.32 Å². The highest BCUT2D eigenvalue weighted by molar-refractivity contribution is 6.22. The highest BCUT2D eigenvalue weighted by Crippen LogP contribution is 2.27. The van der Waals surface area contributed by atoms with Crippen molar-refractivity contribution in [1.82, 2.24) is 5.32 Å². The second-order valence-electron chi connectivity index (χ2n) is 4.19. The van der Waals surface area contributed by atoms with Crippen molar-refractivity contribution < 1.29 is 0 Å². The monoisotopic (exact) mass is 211 g/mol. The first kappa shape index (κ1) is 10.3. The van der Waals surface area contributed by atoms with E-state index in [0.717, 1.165) is 12.3 Å². The van der Waals surface area contributed by atoms with Gasteiger partial charge in [-0.2, -0.15) is 0 Å². The zero-order valence-electron chi connectivity index (χ0n) is 8.51. The quantitative estimate of drug-likeness (QED) is 0.658. The molecule has 1 aliphatic carbocycles. The molecule has 2 rings (SSSR count). The van der Waals surface area contributed by atoms with E-state index in [9.17, 15) is 0 Å². The van der Waals surface area contributed by atoms with Crippen LogP contribution in [0.4, 0.5) is 0 Å². The Balaban J connectivity index is 1.96. The molecule has 14 heavy (non-hydrogen) atoms. The Morgan fingerprint density at radius 1 is 1.29 bits per heavy atom. The van der Waals surface area contributed by atoms with Crippen molar-refractivity contribution in [3.05, 3.63) is 23.8 Å². The van der Waals surface area contributed by atoms with Gasteiger partial charge in [0, 0.05) is 0 Å². The second-order valence-corrected chi connectivity index (χ2v) is 4.75. The van der Waals surface area contributed by atoms with Crippen LogP contribution in [0.15, 0.2) is 23.8 Å². The smallest absolute Gasteiger partial charge is 0.0553 e. The van der Waals surface area contributed by atoms with E-state index in [-0.39, 0.29) is 5.38 Å². The van der Waals surface area contributed by atoms with E-state index in [2.05, 4.69) is 23.5 Å². The Hall–Kier alpha value is -0.270. The zero-order valence-corrected chi connectivity index (χ0v) is 9.26. The van der Waals surface area contributed by atoms with Crippen LogP contribution in [0.1, 0.15) is 25.7 Å². The molecular weight excluding hydrogens is 194 g/mol. The molecule has 2 unspecified atom stereocenters. The highest BCUT2D eigenvalue weighted by Gasteiger charge is 2.16. The van der Waals surface area contributed by atoms with Crippen molar-refractivity contribution in [3.63, 3.8) is 0 Å². The lowest BCUT2D eigenvalue weighted by molar-refractivity contribution is 0.551. The number of hydrogen-bond acceptors (Lipinski definition) is 1. The predicted molar refractivity (Wildman–Crippen MR) is 61.7 cm³/mol. The summed E-state index contributed by atoms with van der Waals surface area (Å²) in [6, 6.07) is 0. The number of hydrogen-bond donors (Lipinski definition) is 1. The van der Waals surface area contributed by atoms with Crippen LogP contribution >= 0.6 is 11.6 Å². The third kappa shape index (κ3) is 2.61. The Morgan fingerprint density at radius 2 is 2.21 bits per heavy atom. The molecule has 0 aromatic heterocycles. The molecule has 0 saturated carbocycles. The standard InChI is InChI=1S/C12H18ClN/c13-12-5-3-11(4-6-12)10-2-1-8-14-9-7-10/h3-5,10,12,14H,1-2,6-9H2. The minimum absolute atomic E-state index is 0.225. The van der Waals surface area contributed by atoms with Gasteiger partial charge in [0.05, 0.1) is 5.38 Å². The normalized spacial score (nSPS) is 33.6. The average Bonchev–Trinajstić information content (AvgIpc) is 2.47. The summed E-state index contributed by atoms with van der Waals surface area (Å²) in [4.78, 5) is 0. The van der Waals surface area contributed by atoms with E-state index in [1.807, 2.05) is 0 Å². The summed E-state index contributed by atoms with van der Waals surface area (Å²) >= 11 is 6.01. The van der Waals surface area contributed by atoms with Crippen molar-refractivity contribution >= 4 is 11.6 Å². The summed E-state index contributed by atoms with van der Waals surface area (Å²) in [5, 5.41) is 3.67. The lowest BCUT2D eigenvalue weighted by atomic mass is 9.88. The minimum atomic E-state index is 0.225. The maximum atomic E-state index is 6.01. The molecule has 0 bridgehead atoms. The molecule has 78 valence electrons. The SMILES string of the molecule is ClC1C=CC(C2CCCNCC2)=CC1. The number of rotatable bonds is 1. The number of alkyl halides is 1. The molecule has 0 radical (unpaired) electrons. The van der Waals surface area contributed by atoms with Crippen molar-refractivity contribution in [2.24, 2.45) is 5.92 Å². The van der Waals surface area contributed by atoms with Gasteiger partial charge in [0.25, 0.3) is 0 Å². The number of allylic oxidation sites excluding steroid dienone is 4. The van der Waals surface area contributed by atoms with E-state index in [4.69, 9.17) is 11.6 Å². The van der Waals surface area contributed by atoms with Crippen molar-refractivity contribution in [1.29, 1.82) is 0 Å². The molecule has 1 saturated heterocycles. The fraction of sp³-hybridized carbons (Fsp3) is 0.667. The Kier molecular flexibility index (Phi) is 3.66. The molecule has 1 heterocycles. The lowest BCUT2D eigenvalue weighted by Crippen LogP contribution is -2.14. The van der Waals surface area contributed by atoms with Gasteiger partial charge in [-0.1, -0.05) is 18.2 Å². The van der Waals surface area contributed by atoms with Gasteiger partial charge in [-0.3, -0.25) is 0 Å². The first-order valence-corrected chi connectivity index (χ1v) is 6.03. The van der Waals surface area contributed by atoms with Gasteiger partial charge in [0.1, 0.15) is 0 Å². The minimum Gasteiger partial charge on any atom is -0.317 e. The number of nitrogens with one attached hydrogen (secondary N) is 1. The summed E-state index contributed by atoms with van der Waals surface area (Å²) in [6.45, 7) is 2.35. The van der Waals surface area contributed by atoms with E-state index < -0.39 is 0 Å². The fourth-order valence-electron chi connectivity index (χ4n) is 2.27. The van der Waals surface area contributed by atoms with E-state index in [1.165, 1.54) is 37.9 Å². The molecule has 0 aromatic rings. The van der Waals surface area contributed by atoms with Gasteiger partial charge in [-0.15, -0.1) is 11.6 Å². The average molecular weight is 212 g/mol. The molecule has 1 aliphatic heterocycles. The Bertz CT molecular complexity index is 237. The third-order valence-corrected chi connectivity index (χ3v) is 3.45. The van der Waals surface area contributed by atoms with E-state index in [0.29, 0.717) is 0 Å². The van der Waals surface area contributed by atoms with Crippen molar-refractivity contribution in [3.8, 4) is 0 Å². The summed E-state index contributed by atoms with van der Waals surface area (Å²) < 4.78 is 0. The molecule has 2 heteroatoms. The van der Waals surface area contributed by atoms with Crippen LogP contribution < -0.4 is 5.32 Å². The summed E-state index contributed by atoms with van der Waals surface area (Å²) in [5.41, 5.74) is 1.52. The van der Waals surface area contributed by atoms with Crippen LogP contribution in [0.2, 0.25) is 0 Å². The molecular formula is C12H18ClN. The third-order valence-electron chi connectivity index (χ3n) is 3.12. The first-order chi connectivity index (χ1) is 6.86.